The molecule has 1 nitrogen and oxygen atoms in total. The molecule has 0 radical (unpaired) electrons. The van der Waals surface area contributed by atoms with Gasteiger partial charge in [-0.2, -0.15) is 0 Å². The molecule has 1 aromatic rings. The van der Waals surface area contributed by atoms with E-state index in [9.17, 15) is 0 Å². The zero-order valence-electron chi connectivity index (χ0n) is 9.76. The van der Waals surface area contributed by atoms with E-state index in [4.69, 9.17) is 0 Å². The Bertz CT molecular complexity index is 417. The summed E-state index contributed by atoms with van der Waals surface area (Å²) >= 11 is 0. The van der Waals surface area contributed by atoms with Gasteiger partial charge >= 0.3 is 0 Å². The molecular weight excluding hydrogens is 194 g/mol. The zero-order valence-corrected chi connectivity index (χ0v) is 9.76. The molecule has 1 aliphatic heterocycles. The van der Waals surface area contributed by atoms with Gasteiger partial charge in [0.15, 0.2) is 0 Å². The highest BCUT2D eigenvalue weighted by molar-refractivity contribution is 5.67. The van der Waals surface area contributed by atoms with Crippen LogP contribution < -0.4 is 5.32 Å². The van der Waals surface area contributed by atoms with Crippen molar-refractivity contribution in [3.05, 3.63) is 41.0 Å². The second kappa shape index (κ2) is 4.42. The molecule has 0 spiro atoms. The Morgan fingerprint density at radius 1 is 0.938 bits per heavy atom. The highest BCUT2D eigenvalue weighted by Gasteiger charge is 2.11. The van der Waals surface area contributed by atoms with Gasteiger partial charge in [-0.05, 0) is 60.9 Å². The standard InChI is InChI=1S/C15H19N/c1-2-4-14-11-15(6-5-12(14)3-1)13-7-9-16-10-8-13/h5-7,11,16H,1-4,8-10H2. The summed E-state index contributed by atoms with van der Waals surface area (Å²) < 4.78 is 0. The maximum atomic E-state index is 3.37. The molecule has 0 amide bonds. The molecule has 1 N–H and O–H groups in total. The van der Waals surface area contributed by atoms with Crippen LogP contribution in [0.5, 0.6) is 0 Å². The number of hydrogen-bond donors (Lipinski definition) is 1. The van der Waals surface area contributed by atoms with E-state index in [-0.39, 0.29) is 0 Å². The first-order valence-corrected chi connectivity index (χ1v) is 6.45. The topological polar surface area (TPSA) is 12.0 Å². The lowest BCUT2D eigenvalue weighted by Gasteiger charge is -2.19. The van der Waals surface area contributed by atoms with Crippen molar-refractivity contribution < 1.29 is 0 Å². The van der Waals surface area contributed by atoms with Gasteiger partial charge in [0.05, 0.1) is 0 Å². The fraction of sp³-hybridized carbons (Fsp3) is 0.467. The molecule has 0 saturated carbocycles. The van der Waals surface area contributed by atoms with Crippen LogP contribution in [0.3, 0.4) is 0 Å². The Balaban J connectivity index is 1.93. The Morgan fingerprint density at radius 2 is 1.81 bits per heavy atom. The lowest BCUT2D eigenvalue weighted by Crippen LogP contribution is -2.20. The van der Waals surface area contributed by atoms with Gasteiger partial charge in [-0.3, -0.25) is 0 Å². The van der Waals surface area contributed by atoms with Crippen molar-refractivity contribution in [2.24, 2.45) is 0 Å². The average Bonchev–Trinajstić information content (AvgIpc) is 2.39. The Kier molecular flexibility index (Phi) is 2.79. The average molecular weight is 213 g/mol. The Labute approximate surface area is 97.6 Å². The maximum absolute atomic E-state index is 3.37. The quantitative estimate of drug-likeness (QED) is 0.756. The number of rotatable bonds is 1. The summed E-state index contributed by atoms with van der Waals surface area (Å²) in [5.74, 6) is 0. The van der Waals surface area contributed by atoms with Crippen LogP contribution in [-0.2, 0) is 12.8 Å². The Morgan fingerprint density at radius 3 is 2.62 bits per heavy atom. The van der Waals surface area contributed by atoms with Crippen molar-refractivity contribution in [2.45, 2.75) is 32.1 Å². The first-order chi connectivity index (χ1) is 7.93. The number of hydrogen-bond acceptors (Lipinski definition) is 1. The highest BCUT2D eigenvalue weighted by atomic mass is 14.8. The van der Waals surface area contributed by atoms with Crippen LogP contribution in [0.15, 0.2) is 24.3 Å². The molecule has 0 unspecified atom stereocenters. The van der Waals surface area contributed by atoms with Crippen molar-refractivity contribution in [3.63, 3.8) is 0 Å². The lowest BCUT2D eigenvalue weighted by molar-refractivity contribution is 0.685. The monoisotopic (exact) mass is 213 g/mol. The number of nitrogens with one attached hydrogen (secondary N) is 1. The van der Waals surface area contributed by atoms with Crippen LogP contribution >= 0.6 is 0 Å². The second-order valence-electron chi connectivity index (χ2n) is 4.87. The number of aryl methyl sites for hydroxylation is 2. The van der Waals surface area contributed by atoms with E-state index >= 15 is 0 Å². The first-order valence-electron chi connectivity index (χ1n) is 6.45. The van der Waals surface area contributed by atoms with Crippen LogP contribution in [-0.4, -0.2) is 13.1 Å². The highest BCUT2D eigenvalue weighted by Crippen LogP contribution is 2.26. The normalized spacial score (nSPS) is 20.1. The summed E-state index contributed by atoms with van der Waals surface area (Å²) in [5.41, 5.74) is 6.18. The molecule has 1 heteroatoms. The fourth-order valence-corrected chi connectivity index (χ4v) is 2.82. The van der Waals surface area contributed by atoms with Gasteiger partial charge < -0.3 is 5.32 Å². The van der Waals surface area contributed by atoms with E-state index in [0.717, 1.165) is 13.1 Å². The predicted molar refractivity (Wildman–Crippen MR) is 68.5 cm³/mol. The molecule has 84 valence electrons. The van der Waals surface area contributed by atoms with Crippen molar-refractivity contribution in [1.82, 2.24) is 5.32 Å². The molecule has 0 aromatic heterocycles. The van der Waals surface area contributed by atoms with Crippen LogP contribution in [0, 0.1) is 0 Å². The maximum Gasteiger partial charge on any atom is 0.0140 e. The van der Waals surface area contributed by atoms with E-state index < -0.39 is 0 Å². The van der Waals surface area contributed by atoms with Crippen LogP contribution in [0.1, 0.15) is 36.0 Å². The fourth-order valence-electron chi connectivity index (χ4n) is 2.82. The summed E-state index contributed by atoms with van der Waals surface area (Å²) in [7, 11) is 0. The van der Waals surface area contributed by atoms with E-state index in [0.29, 0.717) is 0 Å². The summed E-state index contributed by atoms with van der Waals surface area (Å²) in [6.07, 6.45) is 8.84. The van der Waals surface area contributed by atoms with Crippen molar-refractivity contribution in [2.75, 3.05) is 13.1 Å². The predicted octanol–water partition coefficient (Wildman–Crippen LogP) is 2.94. The minimum absolute atomic E-state index is 1.03. The molecule has 1 heterocycles. The Hall–Kier alpha value is -1.08. The minimum Gasteiger partial charge on any atom is -0.313 e. The van der Waals surface area contributed by atoms with Gasteiger partial charge in [0.25, 0.3) is 0 Å². The molecule has 2 aliphatic rings. The molecule has 0 fully saturated rings. The van der Waals surface area contributed by atoms with Gasteiger partial charge in [-0.15, -0.1) is 0 Å². The molecule has 1 aromatic carbocycles. The smallest absolute Gasteiger partial charge is 0.0140 e. The minimum atomic E-state index is 1.03. The third kappa shape index (κ3) is 1.92. The molecule has 1 aliphatic carbocycles. The van der Waals surface area contributed by atoms with E-state index in [1.54, 1.807) is 11.1 Å². The zero-order chi connectivity index (χ0) is 10.8. The largest absolute Gasteiger partial charge is 0.313 e. The summed E-state index contributed by atoms with van der Waals surface area (Å²) in [5, 5.41) is 3.37. The summed E-state index contributed by atoms with van der Waals surface area (Å²) in [6, 6.07) is 7.11. The molecule has 0 atom stereocenters. The lowest BCUT2D eigenvalue weighted by atomic mass is 9.88. The molecule has 16 heavy (non-hydrogen) atoms. The van der Waals surface area contributed by atoms with Crippen molar-refractivity contribution >= 4 is 5.57 Å². The van der Waals surface area contributed by atoms with Gasteiger partial charge in [0.1, 0.15) is 0 Å². The van der Waals surface area contributed by atoms with Crippen LogP contribution in [0.2, 0.25) is 0 Å². The van der Waals surface area contributed by atoms with Gasteiger partial charge in [0.2, 0.25) is 0 Å². The van der Waals surface area contributed by atoms with E-state index in [2.05, 4.69) is 29.6 Å². The third-order valence-electron chi connectivity index (χ3n) is 3.78. The van der Waals surface area contributed by atoms with Gasteiger partial charge in [-0.25, -0.2) is 0 Å². The number of benzene rings is 1. The molecular formula is C15H19N. The number of fused-ring (bicyclic) bond motifs is 1. The summed E-state index contributed by atoms with van der Waals surface area (Å²) in [4.78, 5) is 0. The van der Waals surface area contributed by atoms with Gasteiger partial charge in [-0.1, -0.05) is 24.3 Å². The second-order valence-corrected chi connectivity index (χ2v) is 4.87. The van der Waals surface area contributed by atoms with Crippen LogP contribution in [0.25, 0.3) is 5.57 Å². The third-order valence-corrected chi connectivity index (χ3v) is 3.78. The van der Waals surface area contributed by atoms with E-state index in [1.165, 1.54) is 43.2 Å². The SMILES string of the molecule is C1=C(c2ccc3c(c2)CCCC3)CCNC1. The van der Waals surface area contributed by atoms with Crippen molar-refractivity contribution in [1.29, 1.82) is 0 Å². The first kappa shape index (κ1) is 10.1. The molecule has 0 bridgehead atoms. The van der Waals surface area contributed by atoms with E-state index in [1.807, 2.05) is 0 Å². The summed E-state index contributed by atoms with van der Waals surface area (Å²) in [6.45, 7) is 2.16. The molecule has 0 saturated heterocycles. The van der Waals surface area contributed by atoms with Gasteiger partial charge in [0, 0.05) is 6.54 Å². The van der Waals surface area contributed by atoms with Crippen molar-refractivity contribution in [3.8, 4) is 0 Å². The van der Waals surface area contributed by atoms with Crippen LogP contribution in [0.4, 0.5) is 0 Å². The molecule has 3 rings (SSSR count).